The highest BCUT2D eigenvalue weighted by atomic mass is 16.5. The van der Waals surface area contributed by atoms with E-state index in [0.29, 0.717) is 0 Å². The number of hydrogen-bond donors (Lipinski definition) is 1. The number of methoxy groups -OCH3 is 1. The van der Waals surface area contributed by atoms with E-state index in [9.17, 15) is 0 Å². The average Bonchev–Trinajstić information content (AvgIpc) is 2.93. The van der Waals surface area contributed by atoms with Gasteiger partial charge in [0.1, 0.15) is 5.75 Å². The zero-order valence-electron chi connectivity index (χ0n) is 10.9. The average molecular weight is 267 g/mol. The fraction of sp³-hybridized carbons (Fsp3) is 0.0714. The van der Waals surface area contributed by atoms with Crippen LogP contribution in [0, 0.1) is 0 Å². The number of aromatic nitrogens is 4. The maximum absolute atomic E-state index is 5.79. The summed E-state index contributed by atoms with van der Waals surface area (Å²) in [6, 6.07) is 15.6. The third-order valence-electron chi connectivity index (χ3n) is 3.01. The molecule has 0 atom stereocenters. The van der Waals surface area contributed by atoms with Gasteiger partial charge >= 0.3 is 0 Å². The Labute approximate surface area is 115 Å². The van der Waals surface area contributed by atoms with Crippen LogP contribution < -0.4 is 10.5 Å². The summed E-state index contributed by atoms with van der Waals surface area (Å²) in [7, 11) is 1.63. The molecule has 0 saturated heterocycles. The van der Waals surface area contributed by atoms with Crippen LogP contribution in [0.3, 0.4) is 0 Å². The van der Waals surface area contributed by atoms with Crippen molar-refractivity contribution in [2.45, 2.75) is 0 Å². The van der Waals surface area contributed by atoms with Crippen LogP contribution >= 0.6 is 0 Å². The van der Waals surface area contributed by atoms with E-state index in [4.69, 9.17) is 10.5 Å². The van der Waals surface area contributed by atoms with E-state index in [1.807, 2.05) is 48.5 Å². The first kappa shape index (κ1) is 12.2. The number of nitrogens with two attached hydrogens (primary N) is 1. The second-order valence-electron chi connectivity index (χ2n) is 4.20. The minimum Gasteiger partial charge on any atom is -0.497 e. The van der Waals surface area contributed by atoms with Crippen molar-refractivity contribution in [3.8, 4) is 22.6 Å². The molecule has 6 heteroatoms. The van der Waals surface area contributed by atoms with Crippen LogP contribution in [0.2, 0.25) is 0 Å². The van der Waals surface area contributed by atoms with Crippen LogP contribution in [0.15, 0.2) is 48.5 Å². The van der Waals surface area contributed by atoms with E-state index in [2.05, 4.69) is 15.5 Å². The van der Waals surface area contributed by atoms with Gasteiger partial charge in [-0.1, -0.05) is 35.4 Å². The molecule has 0 bridgehead atoms. The molecule has 0 amide bonds. The molecular weight excluding hydrogens is 254 g/mol. The first-order valence-corrected chi connectivity index (χ1v) is 6.07. The molecule has 0 saturated carbocycles. The zero-order valence-corrected chi connectivity index (χ0v) is 10.9. The molecule has 0 aliphatic rings. The Kier molecular flexibility index (Phi) is 3.04. The molecule has 100 valence electrons. The Balaban J connectivity index is 2.23. The first-order valence-electron chi connectivity index (χ1n) is 6.07. The molecule has 2 N–H and O–H groups in total. The number of tetrazole rings is 1. The van der Waals surface area contributed by atoms with E-state index in [1.54, 1.807) is 7.11 Å². The van der Waals surface area contributed by atoms with Gasteiger partial charge in [-0.05, 0) is 34.2 Å². The van der Waals surface area contributed by atoms with Gasteiger partial charge in [-0.15, -0.1) is 0 Å². The van der Waals surface area contributed by atoms with Gasteiger partial charge in [0.05, 0.1) is 12.8 Å². The maximum atomic E-state index is 5.79. The monoisotopic (exact) mass is 267 g/mol. The number of rotatable bonds is 3. The minimum atomic E-state index is 0.243. The first-order chi connectivity index (χ1) is 9.79. The Bertz CT molecular complexity index is 723. The van der Waals surface area contributed by atoms with Crippen LogP contribution in [0.1, 0.15) is 0 Å². The number of benzene rings is 2. The lowest BCUT2D eigenvalue weighted by molar-refractivity contribution is 0.415. The number of hydrogen-bond acceptors (Lipinski definition) is 5. The van der Waals surface area contributed by atoms with Gasteiger partial charge in [0.25, 0.3) is 0 Å². The van der Waals surface area contributed by atoms with E-state index >= 15 is 0 Å². The summed E-state index contributed by atoms with van der Waals surface area (Å²) in [5, 5.41) is 11.2. The van der Waals surface area contributed by atoms with Gasteiger partial charge in [0.2, 0.25) is 5.95 Å². The Morgan fingerprint density at radius 1 is 1.10 bits per heavy atom. The molecule has 0 aliphatic heterocycles. The van der Waals surface area contributed by atoms with Crippen molar-refractivity contribution >= 4 is 5.95 Å². The molecule has 3 rings (SSSR count). The van der Waals surface area contributed by atoms with Crippen molar-refractivity contribution in [2.24, 2.45) is 0 Å². The van der Waals surface area contributed by atoms with E-state index in [0.717, 1.165) is 22.6 Å². The summed E-state index contributed by atoms with van der Waals surface area (Å²) >= 11 is 0. The molecule has 0 unspecified atom stereocenters. The zero-order chi connectivity index (χ0) is 13.9. The quantitative estimate of drug-likeness (QED) is 0.784. The van der Waals surface area contributed by atoms with Crippen molar-refractivity contribution in [1.29, 1.82) is 0 Å². The Morgan fingerprint density at radius 3 is 2.55 bits per heavy atom. The van der Waals surface area contributed by atoms with Crippen LogP contribution in [0.5, 0.6) is 5.75 Å². The highest BCUT2D eigenvalue weighted by Gasteiger charge is 2.12. The standard InChI is InChI=1S/C14H13N5O/c1-20-11-7-8-13(19-14(15)16-17-18-19)12(9-11)10-5-3-2-4-6-10/h2-9H,1H3,(H2,15,16,18). The second-order valence-corrected chi connectivity index (χ2v) is 4.20. The van der Waals surface area contributed by atoms with Crippen LogP contribution in [0.25, 0.3) is 16.8 Å². The summed E-state index contributed by atoms with van der Waals surface area (Å²) in [5.41, 5.74) is 8.58. The number of nitrogens with zero attached hydrogens (tertiary/aromatic N) is 4. The predicted octanol–water partition coefficient (Wildman–Crippen LogP) is 1.92. The highest BCUT2D eigenvalue weighted by molar-refractivity contribution is 5.74. The summed E-state index contributed by atoms with van der Waals surface area (Å²) in [6.07, 6.45) is 0. The van der Waals surface area contributed by atoms with Gasteiger partial charge in [-0.25, -0.2) is 0 Å². The fourth-order valence-corrected chi connectivity index (χ4v) is 2.04. The number of ether oxygens (including phenoxy) is 1. The van der Waals surface area contributed by atoms with Crippen molar-refractivity contribution in [3.05, 3.63) is 48.5 Å². The van der Waals surface area contributed by atoms with Gasteiger partial charge in [0, 0.05) is 5.56 Å². The molecule has 2 aromatic carbocycles. The lowest BCUT2D eigenvalue weighted by atomic mass is 10.0. The lowest BCUT2D eigenvalue weighted by Gasteiger charge is -2.11. The Hall–Kier alpha value is -2.89. The summed E-state index contributed by atoms with van der Waals surface area (Å²) < 4.78 is 6.79. The summed E-state index contributed by atoms with van der Waals surface area (Å²) in [4.78, 5) is 0. The second kappa shape index (κ2) is 5.00. The SMILES string of the molecule is COc1ccc(-n2nnnc2N)c(-c2ccccc2)c1. The van der Waals surface area contributed by atoms with Gasteiger partial charge in [-0.3, -0.25) is 0 Å². The van der Waals surface area contributed by atoms with Crippen molar-refractivity contribution in [3.63, 3.8) is 0 Å². The van der Waals surface area contributed by atoms with Gasteiger partial charge in [0.15, 0.2) is 0 Å². The van der Waals surface area contributed by atoms with Crippen molar-refractivity contribution < 1.29 is 4.74 Å². The van der Waals surface area contributed by atoms with Crippen LogP contribution in [-0.2, 0) is 0 Å². The minimum absolute atomic E-state index is 0.243. The van der Waals surface area contributed by atoms with E-state index in [-0.39, 0.29) is 5.95 Å². The van der Waals surface area contributed by atoms with Crippen LogP contribution in [0.4, 0.5) is 5.95 Å². The van der Waals surface area contributed by atoms with Crippen molar-refractivity contribution in [2.75, 3.05) is 12.8 Å². The lowest BCUT2D eigenvalue weighted by Crippen LogP contribution is -2.04. The molecule has 0 aliphatic carbocycles. The maximum Gasteiger partial charge on any atom is 0.245 e. The van der Waals surface area contributed by atoms with Crippen molar-refractivity contribution in [1.82, 2.24) is 20.2 Å². The van der Waals surface area contributed by atoms with E-state index in [1.165, 1.54) is 4.68 Å². The molecule has 6 nitrogen and oxygen atoms in total. The Morgan fingerprint density at radius 2 is 1.90 bits per heavy atom. The third-order valence-corrected chi connectivity index (χ3v) is 3.01. The molecule has 0 radical (unpaired) electrons. The third kappa shape index (κ3) is 2.07. The molecular formula is C14H13N5O. The fourth-order valence-electron chi connectivity index (χ4n) is 2.04. The topological polar surface area (TPSA) is 78.8 Å². The number of nitrogen functional groups attached to an aromatic ring is 1. The normalized spacial score (nSPS) is 10.4. The van der Waals surface area contributed by atoms with Crippen LogP contribution in [-0.4, -0.2) is 27.3 Å². The molecule has 1 heterocycles. The van der Waals surface area contributed by atoms with Gasteiger partial charge < -0.3 is 10.5 Å². The molecule has 0 fully saturated rings. The molecule has 0 spiro atoms. The highest BCUT2D eigenvalue weighted by Crippen LogP contribution is 2.30. The number of anilines is 1. The molecule has 1 aromatic heterocycles. The summed E-state index contributed by atoms with van der Waals surface area (Å²) in [6.45, 7) is 0. The summed E-state index contributed by atoms with van der Waals surface area (Å²) in [5.74, 6) is 1.01. The van der Waals surface area contributed by atoms with E-state index < -0.39 is 0 Å². The predicted molar refractivity (Wildman–Crippen MR) is 75.6 cm³/mol. The molecule has 3 aromatic rings. The smallest absolute Gasteiger partial charge is 0.245 e. The van der Waals surface area contributed by atoms with Gasteiger partial charge in [-0.2, -0.15) is 4.68 Å². The molecule has 20 heavy (non-hydrogen) atoms. The largest absolute Gasteiger partial charge is 0.497 e.